The summed E-state index contributed by atoms with van der Waals surface area (Å²) < 4.78 is 1.92. The van der Waals surface area contributed by atoms with Crippen LogP contribution in [0.1, 0.15) is 32.0 Å². The van der Waals surface area contributed by atoms with Crippen molar-refractivity contribution in [2.24, 2.45) is 13.0 Å². The molecule has 4 heteroatoms. The second-order valence-corrected chi connectivity index (χ2v) is 4.72. The fourth-order valence-electron chi connectivity index (χ4n) is 2.00. The van der Waals surface area contributed by atoms with Gasteiger partial charge in [0.15, 0.2) is 0 Å². The van der Waals surface area contributed by atoms with Crippen LogP contribution in [-0.2, 0) is 13.6 Å². The minimum absolute atomic E-state index is 0.702. The van der Waals surface area contributed by atoms with Gasteiger partial charge in [0.25, 0.3) is 0 Å². The highest BCUT2D eigenvalue weighted by molar-refractivity contribution is 6.29. The minimum Gasteiger partial charge on any atom is -0.321 e. The van der Waals surface area contributed by atoms with Gasteiger partial charge in [0.2, 0.25) is 0 Å². The van der Waals surface area contributed by atoms with Crippen LogP contribution in [0.15, 0.2) is 6.20 Å². The lowest BCUT2D eigenvalue weighted by Crippen LogP contribution is -2.20. The zero-order valence-corrected chi connectivity index (χ0v) is 10.1. The molecule has 0 aromatic carbocycles. The zero-order valence-electron chi connectivity index (χ0n) is 9.33. The Hall–Kier alpha value is -0.540. The van der Waals surface area contributed by atoms with E-state index in [1.54, 1.807) is 6.20 Å². The van der Waals surface area contributed by atoms with E-state index in [2.05, 4.69) is 17.2 Å². The normalized spacial score (nSPS) is 24.5. The van der Waals surface area contributed by atoms with Crippen LogP contribution in [0.25, 0.3) is 0 Å². The van der Waals surface area contributed by atoms with E-state index in [1.165, 1.54) is 19.3 Å². The van der Waals surface area contributed by atoms with Gasteiger partial charge < -0.3 is 9.88 Å². The number of nitrogens with one attached hydrogen (secondary N) is 1. The van der Waals surface area contributed by atoms with Crippen molar-refractivity contribution in [1.29, 1.82) is 0 Å². The molecule has 0 radical (unpaired) electrons. The Morgan fingerprint density at radius 2 is 2.47 bits per heavy atom. The van der Waals surface area contributed by atoms with Gasteiger partial charge in [-0.25, -0.2) is 4.98 Å². The molecule has 84 valence electrons. The molecule has 0 bridgehead atoms. The largest absolute Gasteiger partial charge is 0.321 e. The van der Waals surface area contributed by atoms with Crippen LogP contribution in [0.2, 0.25) is 5.15 Å². The highest BCUT2D eigenvalue weighted by Gasteiger charge is 2.35. The second kappa shape index (κ2) is 4.54. The summed E-state index contributed by atoms with van der Waals surface area (Å²) in [5.41, 5.74) is 0. The standard InChI is InChI=1S/C11H18ClN3/c1-3-4-8-5-9(8)13-7-11-14-6-10(12)15(11)2/h6,8-9,13H,3-5,7H2,1-2H3. The molecule has 0 spiro atoms. The van der Waals surface area contributed by atoms with Gasteiger partial charge in [0, 0.05) is 13.1 Å². The molecule has 1 heterocycles. The van der Waals surface area contributed by atoms with E-state index in [0.29, 0.717) is 11.2 Å². The first kappa shape index (κ1) is 11.0. The quantitative estimate of drug-likeness (QED) is 0.837. The second-order valence-electron chi connectivity index (χ2n) is 4.33. The van der Waals surface area contributed by atoms with Gasteiger partial charge >= 0.3 is 0 Å². The Balaban J connectivity index is 1.77. The Labute approximate surface area is 95.8 Å². The molecular formula is C11H18ClN3. The predicted octanol–water partition coefficient (Wildman–Crippen LogP) is 2.35. The SMILES string of the molecule is CCCC1CC1NCc1ncc(Cl)n1C. The smallest absolute Gasteiger partial charge is 0.128 e. The Kier molecular flexibility index (Phi) is 3.32. The van der Waals surface area contributed by atoms with Crippen molar-refractivity contribution < 1.29 is 0 Å². The van der Waals surface area contributed by atoms with E-state index in [9.17, 15) is 0 Å². The van der Waals surface area contributed by atoms with Crippen molar-refractivity contribution in [3.63, 3.8) is 0 Å². The van der Waals surface area contributed by atoms with Gasteiger partial charge in [-0.3, -0.25) is 0 Å². The monoisotopic (exact) mass is 227 g/mol. The number of aromatic nitrogens is 2. The van der Waals surface area contributed by atoms with E-state index in [0.717, 1.165) is 18.3 Å². The molecule has 0 amide bonds. The lowest BCUT2D eigenvalue weighted by atomic mass is 10.2. The third kappa shape index (κ3) is 2.52. The third-order valence-electron chi connectivity index (χ3n) is 3.13. The van der Waals surface area contributed by atoms with E-state index in [4.69, 9.17) is 11.6 Å². The number of imidazole rings is 1. The molecule has 1 aliphatic rings. The lowest BCUT2D eigenvalue weighted by molar-refractivity contribution is 0.578. The summed E-state index contributed by atoms with van der Waals surface area (Å²) in [6.07, 6.45) is 5.66. The average Bonchev–Trinajstić information content (AvgIpc) is 2.88. The molecule has 2 unspecified atom stereocenters. The molecule has 1 N–H and O–H groups in total. The van der Waals surface area contributed by atoms with Gasteiger partial charge in [-0.05, 0) is 18.8 Å². The highest BCUT2D eigenvalue weighted by atomic mass is 35.5. The number of hydrogen-bond acceptors (Lipinski definition) is 2. The van der Waals surface area contributed by atoms with Crippen molar-refractivity contribution >= 4 is 11.6 Å². The van der Waals surface area contributed by atoms with Gasteiger partial charge in [-0.1, -0.05) is 24.9 Å². The maximum Gasteiger partial charge on any atom is 0.128 e. The molecule has 1 fully saturated rings. The first-order valence-electron chi connectivity index (χ1n) is 5.61. The van der Waals surface area contributed by atoms with Crippen LogP contribution < -0.4 is 5.32 Å². The molecule has 1 aliphatic carbocycles. The summed E-state index contributed by atoms with van der Waals surface area (Å²) in [5, 5.41) is 4.22. The molecule has 0 aliphatic heterocycles. The Morgan fingerprint density at radius 3 is 3.07 bits per heavy atom. The van der Waals surface area contributed by atoms with E-state index < -0.39 is 0 Å². The predicted molar refractivity (Wildman–Crippen MR) is 61.9 cm³/mol. The summed E-state index contributed by atoms with van der Waals surface area (Å²) >= 11 is 5.91. The van der Waals surface area contributed by atoms with Crippen molar-refractivity contribution in [3.05, 3.63) is 17.2 Å². The summed E-state index contributed by atoms with van der Waals surface area (Å²) in [6.45, 7) is 3.07. The van der Waals surface area contributed by atoms with E-state index in [-0.39, 0.29) is 0 Å². The minimum atomic E-state index is 0.702. The number of rotatable bonds is 5. The van der Waals surface area contributed by atoms with Crippen molar-refractivity contribution in [2.75, 3.05) is 0 Å². The van der Waals surface area contributed by atoms with Gasteiger partial charge in [-0.15, -0.1) is 0 Å². The Morgan fingerprint density at radius 1 is 1.67 bits per heavy atom. The van der Waals surface area contributed by atoms with Crippen LogP contribution in [0, 0.1) is 5.92 Å². The number of halogens is 1. The molecule has 0 saturated heterocycles. The van der Waals surface area contributed by atoms with Gasteiger partial charge in [0.1, 0.15) is 11.0 Å². The fraction of sp³-hybridized carbons (Fsp3) is 0.727. The Bertz CT molecular complexity index is 335. The molecule has 2 atom stereocenters. The first-order valence-corrected chi connectivity index (χ1v) is 5.99. The summed E-state index contributed by atoms with van der Waals surface area (Å²) in [5.74, 6) is 1.91. The average molecular weight is 228 g/mol. The summed E-state index contributed by atoms with van der Waals surface area (Å²) in [7, 11) is 1.95. The molecule has 2 rings (SSSR count). The van der Waals surface area contributed by atoms with E-state index >= 15 is 0 Å². The molecule has 15 heavy (non-hydrogen) atoms. The number of nitrogens with zero attached hydrogens (tertiary/aromatic N) is 2. The molecular weight excluding hydrogens is 210 g/mol. The van der Waals surface area contributed by atoms with Gasteiger partial charge in [-0.2, -0.15) is 0 Å². The lowest BCUT2D eigenvalue weighted by Gasteiger charge is -2.04. The third-order valence-corrected chi connectivity index (χ3v) is 3.48. The summed E-state index contributed by atoms with van der Waals surface area (Å²) in [4.78, 5) is 4.25. The molecule has 1 saturated carbocycles. The van der Waals surface area contributed by atoms with Crippen LogP contribution in [0.3, 0.4) is 0 Å². The topological polar surface area (TPSA) is 29.9 Å². The fourth-order valence-corrected chi connectivity index (χ4v) is 2.14. The molecule has 3 nitrogen and oxygen atoms in total. The molecule has 1 aromatic rings. The van der Waals surface area contributed by atoms with Crippen LogP contribution in [0.5, 0.6) is 0 Å². The zero-order chi connectivity index (χ0) is 10.8. The van der Waals surface area contributed by atoms with Crippen LogP contribution >= 0.6 is 11.6 Å². The van der Waals surface area contributed by atoms with E-state index in [1.807, 2.05) is 11.6 Å². The van der Waals surface area contributed by atoms with Crippen molar-refractivity contribution in [3.8, 4) is 0 Å². The van der Waals surface area contributed by atoms with Crippen LogP contribution in [-0.4, -0.2) is 15.6 Å². The molecule has 1 aromatic heterocycles. The maximum atomic E-state index is 5.91. The van der Waals surface area contributed by atoms with Gasteiger partial charge in [0.05, 0.1) is 12.7 Å². The summed E-state index contributed by atoms with van der Waals surface area (Å²) in [6, 6.07) is 0.709. The maximum absolute atomic E-state index is 5.91. The van der Waals surface area contributed by atoms with Crippen molar-refractivity contribution in [1.82, 2.24) is 14.9 Å². The highest BCUT2D eigenvalue weighted by Crippen LogP contribution is 2.34. The number of hydrogen-bond donors (Lipinski definition) is 1. The van der Waals surface area contributed by atoms with Crippen molar-refractivity contribution in [2.45, 2.75) is 38.8 Å². The van der Waals surface area contributed by atoms with Crippen LogP contribution in [0.4, 0.5) is 0 Å². The first-order chi connectivity index (χ1) is 7.22.